The van der Waals surface area contributed by atoms with E-state index in [1.54, 1.807) is 32.2 Å². The lowest BCUT2D eigenvalue weighted by atomic mass is 10.1. The lowest BCUT2D eigenvalue weighted by Gasteiger charge is -2.13. The Balaban J connectivity index is 1.88. The number of sulfonamides is 1. The average Bonchev–Trinajstić information content (AvgIpc) is 2.67. The number of hydrogen-bond donors (Lipinski definition) is 2. The molecule has 1 aromatic heterocycles. The molecule has 0 spiro atoms. The molecule has 0 aliphatic carbocycles. The molecule has 3 aromatic rings. The molecule has 30 heavy (non-hydrogen) atoms. The monoisotopic (exact) mass is 428 g/mol. The topological polar surface area (TPSA) is 116 Å². The van der Waals surface area contributed by atoms with Gasteiger partial charge in [-0.2, -0.15) is 0 Å². The van der Waals surface area contributed by atoms with Crippen molar-refractivity contribution in [1.82, 2.24) is 9.97 Å². The maximum absolute atomic E-state index is 11.4. The van der Waals surface area contributed by atoms with Crippen LogP contribution in [0.1, 0.15) is 11.4 Å². The van der Waals surface area contributed by atoms with Crippen LogP contribution in [0.15, 0.2) is 54.6 Å². The first-order valence-corrected chi connectivity index (χ1v) is 11.0. The van der Waals surface area contributed by atoms with E-state index in [0.29, 0.717) is 47.6 Å². The summed E-state index contributed by atoms with van der Waals surface area (Å²) in [6.45, 7) is 2.72. The number of rotatable bonds is 9. The first-order chi connectivity index (χ1) is 14.3. The van der Waals surface area contributed by atoms with Gasteiger partial charge in [-0.15, -0.1) is 0 Å². The van der Waals surface area contributed by atoms with Crippen LogP contribution in [-0.2, 0) is 20.5 Å². The molecule has 0 aliphatic rings. The van der Waals surface area contributed by atoms with Gasteiger partial charge in [-0.25, -0.2) is 23.5 Å². The smallest absolute Gasteiger partial charge is 0.213 e. The molecular weight excluding hydrogens is 404 g/mol. The molecule has 0 aliphatic heterocycles. The third-order valence-corrected chi connectivity index (χ3v) is 4.85. The van der Waals surface area contributed by atoms with Crippen molar-refractivity contribution < 1.29 is 17.9 Å². The maximum atomic E-state index is 11.4. The Kier molecular flexibility index (Phi) is 6.99. The number of benzene rings is 2. The van der Waals surface area contributed by atoms with Crippen LogP contribution in [0.2, 0.25) is 0 Å². The van der Waals surface area contributed by atoms with E-state index in [2.05, 4.69) is 15.3 Å². The van der Waals surface area contributed by atoms with Gasteiger partial charge in [0.25, 0.3) is 0 Å². The van der Waals surface area contributed by atoms with Gasteiger partial charge in [0.2, 0.25) is 10.0 Å². The van der Waals surface area contributed by atoms with Crippen molar-refractivity contribution in [2.24, 2.45) is 5.14 Å². The first-order valence-electron chi connectivity index (χ1n) is 9.27. The number of methoxy groups -OCH3 is 1. The fourth-order valence-electron chi connectivity index (χ4n) is 2.93. The molecule has 0 atom stereocenters. The largest absolute Gasteiger partial charge is 0.490 e. The van der Waals surface area contributed by atoms with Crippen molar-refractivity contribution in [3.05, 3.63) is 66.0 Å². The van der Waals surface area contributed by atoms with Gasteiger partial charge in [-0.05, 0) is 36.8 Å². The summed E-state index contributed by atoms with van der Waals surface area (Å²) in [5.74, 6) is 1.64. The molecular formula is C21H24N4O4S. The average molecular weight is 429 g/mol. The second kappa shape index (κ2) is 9.66. The fourth-order valence-corrected chi connectivity index (χ4v) is 3.57. The zero-order chi connectivity index (χ0) is 21.6. The Morgan fingerprint density at radius 1 is 1.03 bits per heavy atom. The van der Waals surface area contributed by atoms with Crippen molar-refractivity contribution >= 4 is 21.5 Å². The molecule has 0 radical (unpaired) electrons. The number of hydrogen-bond acceptors (Lipinski definition) is 7. The highest BCUT2D eigenvalue weighted by atomic mass is 32.2. The predicted molar refractivity (Wildman–Crippen MR) is 116 cm³/mol. The Bertz CT molecular complexity index is 1120. The Hall–Kier alpha value is -3.01. The number of nitrogens with one attached hydrogen (secondary N) is 1. The zero-order valence-electron chi connectivity index (χ0n) is 16.8. The van der Waals surface area contributed by atoms with E-state index < -0.39 is 10.0 Å². The van der Waals surface area contributed by atoms with Crippen LogP contribution < -0.4 is 15.2 Å². The van der Waals surface area contributed by atoms with E-state index in [4.69, 9.17) is 14.6 Å². The number of anilines is 2. The van der Waals surface area contributed by atoms with Crippen LogP contribution >= 0.6 is 0 Å². The van der Waals surface area contributed by atoms with E-state index in [1.807, 2.05) is 36.4 Å². The Labute approximate surface area is 176 Å². The minimum atomic E-state index is -3.61. The summed E-state index contributed by atoms with van der Waals surface area (Å²) in [6, 6.07) is 16.5. The summed E-state index contributed by atoms with van der Waals surface area (Å²) in [6.07, 6.45) is 0. The molecule has 3 N–H and O–H groups in total. The highest BCUT2D eigenvalue weighted by Crippen LogP contribution is 2.30. The molecule has 0 unspecified atom stereocenters. The van der Waals surface area contributed by atoms with Gasteiger partial charge < -0.3 is 14.8 Å². The summed E-state index contributed by atoms with van der Waals surface area (Å²) in [5, 5.41) is 8.35. The van der Waals surface area contributed by atoms with Crippen molar-refractivity contribution in [1.29, 1.82) is 0 Å². The number of ether oxygens (including phenoxy) is 2. The van der Waals surface area contributed by atoms with E-state index in [1.165, 1.54) is 0 Å². The number of aromatic nitrogens is 2. The summed E-state index contributed by atoms with van der Waals surface area (Å²) in [5.41, 5.74) is 2.83. The van der Waals surface area contributed by atoms with Crippen LogP contribution in [0.25, 0.3) is 11.3 Å². The third kappa shape index (κ3) is 6.24. The van der Waals surface area contributed by atoms with Crippen LogP contribution in [0, 0.1) is 6.92 Å². The van der Waals surface area contributed by atoms with E-state index in [0.717, 1.165) is 5.56 Å². The van der Waals surface area contributed by atoms with E-state index in [-0.39, 0.29) is 5.75 Å². The van der Waals surface area contributed by atoms with Crippen molar-refractivity contribution in [2.75, 3.05) is 25.6 Å². The molecule has 0 saturated carbocycles. The summed E-state index contributed by atoms with van der Waals surface area (Å²) in [4.78, 5) is 8.98. The molecule has 0 fully saturated rings. The third-order valence-electron chi connectivity index (χ3n) is 4.11. The SMILES string of the molecule is COCCOc1ccccc1-c1cc(Nc2cccc(CS(N)(=O)=O)c2)nc(C)n1. The van der Waals surface area contributed by atoms with Crippen LogP contribution in [0.3, 0.4) is 0 Å². The second-order valence-corrected chi connectivity index (χ2v) is 8.27. The summed E-state index contributed by atoms with van der Waals surface area (Å²) < 4.78 is 33.6. The number of aryl methyl sites for hydroxylation is 1. The number of nitrogens with zero attached hydrogens (tertiary/aromatic N) is 2. The van der Waals surface area contributed by atoms with Crippen molar-refractivity contribution in [3.8, 4) is 17.0 Å². The molecule has 158 valence electrons. The minimum absolute atomic E-state index is 0.233. The minimum Gasteiger partial charge on any atom is -0.490 e. The molecule has 0 bridgehead atoms. The van der Waals surface area contributed by atoms with E-state index in [9.17, 15) is 8.42 Å². The van der Waals surface area contributed by atoms with Gasteiger partial charge in [0, 0.05) is 24.4 Å². The first kappa shape index (κ1) is 21.7. The zero-order valence-corrected chi connectivity index (χ0v) is 17.6. The van der Waals surface area contributed by atoms with Crippen molar-refractivity contribution in [3.63, 3.8) is 0 Å². The highest BCUT2D eigenvalue weighted by molar-refractivity contribution is 7.88. The molecule has 0 amide bonds. The highest BCUT2D eigenvalue weighted by Gasteiger charge is 2.11. The lowest BCUT2D eigenvalue weighted by Crippen LogP contribution is -2.14. The lowest BCUT2D eigenvalue weighted by molar-refractivity contribution is 0.146. The summed E-state index contributed by atoms with van der Waals surface area (Å²) >= 11 is 0. The van der Waals surface area contributed by atoms with Gasteiger partial charge in [-0.1, -0.05) is 24.3 Å². The molecule has 2 aromatic carbocycles. The fraction of sp³-hybridized carbons (Fsp3) is 0.238. The Morgan fingerprint density at radius 2 is 1.83 bits per heavy atom. The molecule has 1 heterocycles. The standard InChI is InChI=1S/C21H24N4O4S/c1-15-23-19(18-8-3-4-9-20(18)29-11-10-28-2)13-21(24-15)25-17-7-5-6-16(12-17)14-30(22,26)27/h3-9,12-13H,10-11,14H2,1-2H3,(H2,22,26,27)(H,23,24,25). The van der Waals surface area contributed by atoms with Gasteiger partial charge in [0.05, 0.1) is 18.1 Å². The van der Waals surface area contributed by atoms with Gasteiger partial charge in [-0.3, -0.25) is 0 Å². The van der Waals surface area contributed by atoms with Crippen LogP contribution in [-0.4, -0.2) is 38.7 Å². The number of primary sulfonamides is 1. The van der Waals surface area contributed by atoms with Crippen LogP contribution in [0.4, 0.5) is 11.5 Å². The van der Waals surface area contributed by atoms with E-state index >= 15 is 0 Å². The number of nitrogens with two attached hydrogens (primary N) is 1. The molecule has 3 rings (SSSR count). The van der Waals surface area contributed by atoms with Crippen LogP contribution in [0.5, 0.6) is 5.75 Å². The quantitative estimate of drug-likeness (QED) is 0.503. The molecule has 0 saturated heterocycles. The van der Waals surface area contributed by atoms with Gasteiger partial charge in [0.15, 0.2) is 0 Å². The molecule has 8 nitrogen and oxygen atoms in total. The summed E-state index contributed by atoms with van der Waals surface area (Å²) in [7, 11) is -1.98. The normalized spacial score (nSPS) is 11.3. The molecule has 9 heteroatoms. The van der Waals surface area contributed by atoms with Gasteiger partial charge in [0.1, 0.15) is 24.0 Å². The Morgan fingerprint density at radius 3 is 2.60 bits per heavy atom. The second-order valence-electron chi connectivity index (χ2n) is 6.66. The number of para-hydroxylation sites is 1. The van der Waals surface area contributed by atoms with Crippen molar-refractivity contribution in [2.45, 2.75) is 12.7 Å². The maximum Gasteiger partial charge on any atom is 0.213 e. The van der Waals surface area contributed by atoms with Gasteiger partial charge >= 0.3 is 0 Å². The predicted octanol–water partition coefficient (Wildman–Crippen LogP) is 3.01.